The van der Waals surface area contributed by atoms with Crippen molar-refractivity contribution in [2.24, 2.45) is 0 Å². The average molecular weight is 196 g/mol. The first-order chi connectivity index (χ1) is 6.69. The smallest absolute Gasteiger partial charge is 0.339 e. The van der Waals surface area contributed by atoms with Gasteiger partial charge in [0.15, 0.2) is 0 Å². The number of carboxylic acid groups (broad SMARTS) is 1. The minimum atomic E-state index is -0.885. The van der Waals surface area contributed by atoms with E-state index in [0.717, 1.165) is 19.4 Å². The number of nitrogens with zero attached hydrogens (tertiary/aromatic N) is 2. The Morgan fingerprint density at radius 3 is 2.71 bits per heavy atom. The molecule has 0 radical (unpaired) electrons. The summed E-state index contributed by atoms with van der Waals surface area (Å²) in [7, 11) is 0. The van der Waals surface area contributed by atoms with Crippen LogP contribution in [0.5, 0.6) is 0 Å². The Morgan fingerprint density at radius 1 is 1.57 bits per heavy atom. The molecule has 0 bridgehead atoms. The Bertz CT molecular complexity index is 318. The molecule has 0 saturated heterocycles. The fourth-order valence-corrected chi connectivity index (χ4v) is 1.34. The van der Waals surface area contributed by atoms with Crippen LogP contribution in [0.1, 0.15) is 42.7 Å². The van der Waals surface area contributed by atoms with Crippen molar-refractivity contribution in [3.63, 3.8) is 0 Å². The van der Waals surface area contributed by atoms with E-state index in [1.54, 1.807) is 10.9 Å². The predicted molar refractivity (Wildman–Crippen MR) is 53.5 cm³/mol. The fraction of sp³-hybridized carbons (Fsp3) is 0.600. The molecule has 0 spiro atoms. The van der Waals surface area contributed by atoms with Crippen molar-refractivity contribution in [2.45, 2.75) is 39.7 Å². The highest BCUT2D eigenvalue weighted by molar-refractivity contribution is 5.88. The molecule has 0 amide bonds. The summed E-state index contributed by atoms with van der Waals surface area (Å²) in [5.74, 6) is -0.885. The number of aromatic nitrogens is 2. The zero-order chi connectivity index (χ0) is 10.6. The average Bonchev–Trinajstić information content (AvgIpc) is 2.57. The third-order valence-corrected chi connectivity index (χ3v) is 2.14. The van der Waals surface area contributed by atoms with Gasteiger partial charge in [-0.1, -0.05) is 20.3 Å². The molecule has 0 saturated carbocycles. The van der Waals surface area contributed by atoms with Crippen LogP contribution in [0.3, 0.4) is 0 Å². The highest BCUT2D eigenvalue weighted by Gasteiger charge is 2.13. The molecule has 1 rings (SSSR count). The lowest BCUT2D eigenvalue weighted by molar-refractivity contribution is 0.0695. The molecule has 0 atom stereocenters. The van der Waals surface area contributed by atoms with Gasteiger partial charge >= 0.3 is 5.97 Å². The van der Waals surface area contributed by atoms with E-state index in [0.29, 0.717) is 17.7 Å². The van der Waals surface area contributed by atoms with Crippen LogP contribution in [0, 0.1) is 0 Å². The lowest BCUT2D eigenvalue weighted by Gasteiger charge is -1.97. The lowest BCUT2D eigenvalue weighted by Crippen LogP contribution is -1.98. The van der Waals surface area contributed by atoms with Crippen molar-refractivity contribution in [2.75, 3.05) is 0 Å². The molecule has 0 fully saturated rings. The lowest BCUT2D eigenvalue weighted by atomic mass is 10.2. The van der Waals surface area contributed by atoms with Gasteiger partial charge in [0.2, 0.25) is 0 Å². The minimum absolute atomic E-state index is 0.337. The van der Waals surface area contributed by atoms with Crippen molar-refractivity contribution in [3.8, 4) is 0 Å². The van der Waals surface area contributed by atoms with Gasteiger partial charge in [-0.15, -0.1) is 0 Å². The molecule has 1 aromatic heterocycles. The number of carbonyl (C=O) groups is 1. The highest BCUT2D eigenvalue weighted by atomic mass is 16.4. The number of unbranched alkanes of at least 4 members (excludes halogenated alkanes) is 1. The van der Waals surface area contributed by atoms with Crippen molar-refractivity contribution >= 4 is 5.97 Å². The molecule has 1 heterocycles. The topological polar surface area (TPSA) is 55.1 Å². The summed E-state index contributed by atoms with van der Waals surface area (Å²) in [6, 6.07) is 0. The molecular formula is C10H16N2O2. The van der Waals surface area contributed by atoms with E-state index >= 15 is 0 Å². The van der Waals surface area contributed by atoms with E-state index in [1.165, 1.54) is 0 Å². The Kier molecular flexibility index (Phi) is 3.68. The number of aryl methyl sites for hydroxylation is 2. The Morgan fingerprint density at radius 2 is 2.29 bits per heavy atom. The Balaban J connectivity index is 2.83. The van der Waals surface area contributed by atoms with Crippen LogP contribution in [-0.4, -0.2) is 20.9 Å². The first-order valence-electron chi connectivity index (χ1n) is 4.98. The summed E-state index contributed by atoms with van der Waals surface area (Å²) in [5.41, 5.74) is 1.01. The Labute approximate surface area is 83.5 Å². The molecule has 0 aliphatic rings. The number of aromatic carboxylic acids is 1. The summed E-state index contributed by atoms with van der Waals surface area (Å²) in [6.07, 6.45) is 4.41. The quantitative estimate of drug-likeness (QED) is 0.783. The molecule has 0 aliphatic carbocycles. The highest BCUT2D eigenvalue weighted by Crippen LogP contribution is 2.08. The number of hydrogen-bond acceptors (Lipinski definition) is 2. The summed E-state index contributed by atoms with van der Waals surface area (Å²) < 4.78 is 1.73. The third kappa shape index (κ3) is 2.34. The number of carboxylic acids is 1. The largest absolute Gasteiger partial charge is 0.478 e. The maximum atomic E-state index is 10.8. The SMILES string of the molecule is CCCCn1cc(C(=O)O)c(CC)n1. The van der Waals surface area contributed by atoms with Gasteiger partial charge in [-0.05, 0) is 12.8 Å². The van der Waals surface area contributed by atoms with E-state index in [2.05, 4.69) is 12.0 Å². The predicted octanol–water partition coefficient (Wildman–Crippen LogP) is 1.94. The summed E-state index contributed by atoms with van der Waals surface area (Å²) in [5, 5.41) is 13.1. The second kappa shape index (κ2) is 4.79. The van der Waals surface area contributed by atoms with Crippen LogP contribution in [0.15, 0.2) is 6.20 Å². The van der Waals surface area contributed by atoms with Gasteiger partial charge in [0, 0.05) is 12.7 Å². The second-order valence-electron chi connectivity index (χ2n) is 3.26. The number of rotatable bonds is 5. The first kappa shape index (κ1) is 10.8. The van der Waals surface area contributed by atoms with Crippen LogP contribution in [0.25, 0.3) is 0 Å². The van der Waals surface area contributed by atoms with E-state index < -0.39 is 5.97 Å². The third-order valence-electron chi connectivity index (χ3n) is 2.14. The summed E-state index contributed by atoms with van der Waals surface area (Å²) in [6.45, 7) is 4.82. The first-order valence-corrected chi connectivity index (χ1v) is 4.98. The monoisotopic (exact) mass is 196 g/mol. The molecule has 1 aromatic rings. The zero-order valence-corrected chi connectivity index (χ0v) is 8.66. The van der Waals surface area contributed by atoms with Crippen molar-refractivity contribution < 1.29 is 9.90 Å². The molecular weight excluding hydrogens is 180 g/mol. The van der Waals surface area contributed by atoms with Gasteiger partial charge < -0.3 is 5.11 Å². The van der Waals surface area contributed by atoms with Gasteiger partial charge in [-0.3, -0.25) is 4.68 Å². The van der Waals surface area contributed by atoms with E-state index in [9.17, 15) is 4.79 Å². The van der Waals surface area contributed by atoms with Gasteiger partial charge in [0.1, 0.15) is 5.56 Å². The molecule has 0 aromatic carbocycles. The fourth-order valence-electron chi connectivity index (χ4n) is 1.34. The van der Waals surface area contributed by atoms with E-state index in [-0.39, 0.29) is 0 Å². The van der Waals surface area contributed by atoms with Gasteiger partial charge in [0.05, 0.1) is 5.69 Å². The second-order valence-corrected chi connectivity index (χ2v) is 3.26. The molecule has 0 aliphatic heterocycles. The molecule has 4 heteroatoms. The summed E-state index contributed by atoms with van der Waals surface area (Å²) in [4.78, 5) is 10.8. The molecule has 1 N–H and O–H groups in total. The van der Waals surface area contributed by atoms with Crippen LogP contribution < -0.4 is 0 Å². The molecule has 4 nitrogen and oxygen atoms in total. The van der Waals surface area contributed by atoms with Crippen molar-refractivity contribution in [3.05, 3.63) is 17.5 Å². The van der Waals surface area contributed by atoms with Gasteiger partial charge in [0.25, 0.3) is 0 Å². The normalized spacial score (nSPS) is 10.4. The zero-order valence-electron chi connectivity index (χ0n) is 8.66. The Hall–Kier alpha value is -1.32. The van der Waals surface area contributed by atoms with Crippen LogP contribution in [0.4, 0.5) is 0 Å². The molecule has 0 unspecified atom stereocenters. The van der Waals surface area contributed by atoms with Gasteiger partial charge in [-0.2, -0.15) is 5.10 Å². The minimum Gasteiger partial charge on any atom is -0.478 e. The summed E-state index contributed by atoms with van der Waals surface area (Å²) >= 11 is 0. The van der Waals surface area contributed by atoms with Crippen molar-refractivity contribution in [1.29, 1.82) is 0 Å². The standard InChI is InChI=1S/C10H16N2O2/c1-3-5-6-12-7-8(10(13)14)9(4-2)11-12/h7H,3-6H2,1-2H3,(H,13,14). The van der Waals surface area contributed by atoms with E-state index in [4.69, 9.17) is 5.11 Å². The van der Waals surface area contributed by atoms with Crippen LogP contribution >= 0.6 is 0 Å². The van der Waals surface area contributed by atoms with Crippen LogP contribution in [0.2, 0.25) is 0 Å². The maximum Gasteiger partial charge on any atom is 0.339 e. The van der Waals surface area contributed by atoms with Crippen LogP contribution in [-0.2, 0) is 13.0 Å². The van der Waals surface area contributed by atoms with E-state index in [1.807, 2.05) is 6.92 Å². The van der Waals surface area contributed by atoms with Crippen molar-refractivity contribution in [1.82, 2.24) is 9.78 Å². The van der Waals surface area contributed by atoms with Gasteiger partial charge in [-0.25, -0.2) is 4.79 Å². The molecule has 14 heavy (non-hydrogen) atoms. The number of hydrogen-bond donors (Lipinski definition) is 1. The maximum absolute atomic E-state index is 10.8. The molecule has 78 valence electrons.